The summed E-state index contributed by atoms with van der Waals surface area (Å²) in [4.78, 5) is 6.32. The molecule has 6 nitrogen and oxygen atoms in total. The van der Waals surface area contributed by atoms with Crippen LogP contribution < -0.4 is 10.0 Å². The van der Waals surface area contributed by atoms with Gasteiger partial charge in [0.05, 0.1) is 5.75 Å². The van der Waals surface area contributed by atoms with Gasteiger partial charge in [0.25, 0.3) is 0 Å². The number of halogens is 2. The number of guanidine groups is 1. The van der Waals surface area contributed by atoms with Gasteiger partial charge in [0.2, 0.25) is 10.0 Å². The van der Waals surface area contributed by atoms with Crippen molar-refractivity contribution in [2.45, 2.75) is 18.8 Å². The first-order valence-electron chi connectivity index (χ1n) is 8.48. The summed E-state index contributed by atoms with van der Waals surface area (Å²) in [5, 5.41) is 4.02. The Morgan fingerprint density at radius 1 is 1.11 bits per heavy atom. The highest BCUT2D eigenvalue weighted by Crippen LogP contribution is 2.12. The Morgan fingerprint density at radius 2 is 1.75 bits per heavy atom. The van der Waals surface area contributed by atoms with Crippen molar-refractivity contribution in [3.63, 3.8) is 0 Å². The zero-order valence-corrected chi connectivity index (χ0v) is 20.0. The van der Waals surface area contributed by atoms with E-state index in [0.717, 1.165) is 22.6 Å². The average Bonchev–Trinajstić information content (AvgIpc) is 2.63. The third-order valence-corrected chi connectivity index (χ3v) is 5.59. The van der Waals surface area contributed by atoms with Gasteiger partial charge in [0, 0.05) is 32.2 Å². The fourth-order valence-corrected chi connectivity index (χ4v) is 3.58. The first kappa shape index (κ1) is 24.7. The number of aliphatic imine (C=N–C) groups is 1. The van der Waals surface area contributed by atoms with Gasteiger partial charge < -0.3 is 10.2 Å². The van der Waals surface area contributed by atoms with E-state index in [4.69, 9.17) is 11.6 Å². The first-order valence-corrected chi connectivity index (χ1v) is 10.5. The van der Waals surface area contributed by atoms with Crippen molar-refractivity contribution >= 4 is 51.6 Å². The van der Waals surface area contributed by atoms with E-state index in [1.165, 1.54) is 7.05 Å². The molecular weight excluding hydrogens is 511 g/mol. The van der Waals surface area contributed by atoms with Gasteiger partial charge >= 0.3 is 0 Å². The van der Waals surface area contributed by atoms with E-state index in [1.54, 1.807) is 7.05 Å². The normalized spacial score (nSPS) is 11.6. The third-order valence-electron chi connectivity index (χ3n) is 4.02. The van der Waals surface area contributed by atoms with E-state index >= 15 is 0 Å². The summed E-state index contributed by atoms with van der Waals surface area (Å²) in [6, 6.07) is 15.2. The highest BCUT2D eigenvalue weighted by molar-refractivity contribution is 14.0. The van der Waals surface area contributed by atoms with Crippen molar-refractivity contribution in [2.75, 3.05) is 21.1 Å². The topological polar surface area (TPSA) is 73.8 Å². The summed E-state index contributed by atoms with van der Waals surface area (Å²) in [6.07, 6.45) is 0. The lowest BCUT2D eigenvalue weighted by atomic mass is 10.1. The molecule has 2 aromatic carbocycles. The van der Waals surface area contributed by atoms with Crippen LogP contribution in [0.1, 0.15) is 16.7 Å². The molecule has 0 aliphatic carbocycles. The van der Waals surface area contributed by atoms with Gasteiger partial charge in [0.15, 0.2) is 5.96 Å². The van der Waals surface area contributed by atoms with Gasteiger partial charge in [-0.25, -0.2) is 13.1 Å². The second kappa shape index (κ2) is 11.6. The summed E-state index contributed by atoms with van der Waals surface area (Å²) in [5.41, 5.74) is 2.89. The molecule has 2 rings (SSSR count). The minimum absolute atomic E-state index is 0. The fourth-order valence-electron chi connectivity index (χ4n) is 2.59. The molecule has 0 saturated heterocycles. The van der Waals surface area contributed by atoms with Crippen LogP contribution in [0.15, 0.2) is 53.5 Å². The zero-order chi connectivity index (χ0) is 19.9. The maximum Gasteiger partial charge on any atom is 0.215 e. The Bertz CT molecular complexity index is 889. The summed E-state index contributed by atoms with van der Waals surface area (Å²) >= 11 is 6.04. The van der Waals surface area contributed by atoms with E-state index in [2.05, 4.69) is 15.0 Å². The van der Waals surface area contributed by atoms with E-state index in [1.807, 2.05) is 60.5 Å². The van der Waals surface area contributed by atoms with Crippen LogP contribution in [0, 0.1) is 0 Å². The number of sulfonamides is 1. The fraction of sp³-hybridized carbons (Fsp3) is 0.316. The monoisotopic (exact) mass is 536 g/mol. The predicted octanol–water partition coefficient (Wildman–Crippen LogP) is 3.21. The Labute approximate surface area is 189 Å². The molecule has 28 heavy (non-hydrogen) atoms. The minimum atomic E-state index is -3.26. The average molecular weight is 537 g/mol. The molecule has 0 heterocycles. The molecule has 0 amide bonds. The molecule has 0 saturated carbocycles. The standard InChI is InChI=1S/C19H25ClN4O2S.HI/c1-21-19(24(3)13-17-5-4-6-18(20)11-17)23-12-15-7-9-16(10-8-15)14-27(25,26)22-2;/h4-11,22H,12-14H2,1-3H3,(H,21,23);1H. The molecular formula is C19H26ClIN4O2S. The van der Waals surface area contributed by atoms with Crippen LogP contribution in [-0.4, -0.2) is 40.4 Å². The molecule has 154 valence electrons. The van der Waals surface area contributed by atoms with Crippen molar-refractivity contribution in [1.29, 1.82) is 0 Å². The van der Waals surface area contributed by atoms with Crippen LogP contribution in [0.25, 0.3) is 0 Å². The maximum atomic E-state index is 11.6. The molecule has 0 aromatic heterocycles. The molecule has 2 aromatic rings. The Kier molecular flexibility index (Phi) is 10.2. The first-order chi connectivity index (χ1) is 12.8. The largest absolute Gasteiger partial charge is 0.352 e. The molecule has 0 fully saturated rings. The SMILES string of the molecule is CN=C(NCc1ccc(CS(=O)(=O)NC)cc1)N(C)Cc1cccc(Cl)c1.I. The number of hydrogen-bond acceptors (Lipinski definition) is 3. The summed E-state index contributed by atoms with van der Waals surface area (Å²) in [5.74, 6) is 0.734. The highest BCUT2D eigenvalue weighted by Gasteiger charge is 2.09. The van der Waals surface area contributed by atoms with Crippen molar-refractivity contribution in [2.24, 2.45) is 4.99 Å². The van der Waals surface area contributed by atoms with Crippen molar-refractivity contribution in [1.82, 2.24) is 14.9 Å². The summed E-state index contributed by atoms with van der Waals surface area (Å²) in [6.45, 7) is 1.27. The smallest absolute Gasteiger partial charge is 0.215 e. The van der Waals surface area contributed by atoms with Gasteiger partial charge in [-0.1, -0.05) is 48.0 Å². The summed E-state index contributed by atoms with van der Waals surface area (Å²) < 4.78 is 25.5. The maximum absolute atomic E-state index is 11.6. The van der Waals surface area contributed by atoms with Gasteiger partial charge in [-0.2, -0.15) is 0 Å². The van der Waals surface area contributed by atoms with Gasteiger partial charge in [-0.3, -0.25) is 4.99 Å². The quantitative estimate of drug-likeness (QED) is 0.324. The molecule has 0 aliphatic heterocycles. The molecule has 2 N–H and O–H groups in total. The third kappa shape index (κ3) is 7.94. The molecule has 0 spiro atoms. The van der Waals surface area contributed by atoms with E-state index < -0.39 is 10.0 Å². The van der Waals surface area contributed by atoms with Gasteiger partial charge in [-0.15, -0.1) is 24.0 Å². The Balaban J connectivity index is 0.00000392. The van der Waals surface area contributed by atoms with Gasteiger partial charge in [-0.05, 0) is 35.9 Å². The van der Waals surface area contributed by atoms with Crippen LogP contribution in [0.2, 0.25) is 5.02 Å². The Hall–Kier alpha value is -1.36. The molecule has 0 radical (unpaired) electrons. The van der Waals surface area contributed by atoms with E-state index in [-0.39, 0.29) is 29.7 Å². The molecule has 9 heteroatoms. The van der Waals surface area contributed by atoms with Crippen LogP contribution in [0.3, 0.4) is 0 Å². The molecule has 0 unspecified atom stereocenters. The summed E-state index contributed by atoms with van der Waals surface area (Å²) in [7, 11) is 1.85. The molecule has 0 atom stereocenters. The number of hydrogen-bond donors (Lipinski definition) is 2. The number of rotatable bonds is 7. The lowest BCUT2D eigenvalue weighted by Crippen LogP contribution is -2.38. The Morgan fingerprint density at radius 3 is 2.32 bits per heavy atom. The van der Waals surface area contributed by atoms with Gasteiger partial charge in [0.1, 0.15) is 0 Å². The predicted molar refractivity (Wildman–Crippen MR) is 127 cm³/mol. The van der Waals surface area contributed by atoms with Crippen molar-refractivity contribution in [3.8, 4) is 0 Å². The highest BCUT2D eigenvalue weighted by atomic mass is 127. The molecule has 0 bridgehead atoms. The lowest BCUT2D eigenvalue weighted by molar-refractivity contribution is 0.476. The van der Waals surface area contributed by atoms with E-state index in [0.29, 0.717) is 18.1 Å². The molecule has 0 aliphatic rings. The van der Waals surface area contributed by atoms with Crippen LogP contribution in [-0.2, 0) is 28.9 Å². The second-order valence-electron chi connectivity index (χ2n) is 6.17. The minimum Gasteiger partial charge on any atom is -0.352 e. The van der Waals surface area contributed by atoms with Crippen molar-refractivity contribution in [3.05, 3.63) is 70.2 Å². The van der Waals surface area contributed by atoms with Crippen LogP contribution in [0.4, 0.5) is 0 Å². The van der Waals surface area contributed by atoms with Crippen LogP contribution >= 0.6 is 35.6 Å². The van der Waals surface area contributed by atoms with Crippen molar-refractivity contribution < 1.29 is 8.42 Å². The zero-order valence-electron chi connectivity index (χ0n) is 16.1. The number of nitrogens with zero attached hydrogens (tertiary/aromatic N) is 2. The second-order valence-corrected chi connectivity index (χ2v) is 8.53. The van der Waals surface area contributed by atoms with Crippen LogP contribution in [0.5, 0.6) is 0 Å². The van der Waals surface area contributed by atoms with E-state index in [9.17, 15) is 8.42 Å². The number of benzene rings is 2. The lowest BCUT2D eigenvalue weighted by Gasteiger charge is -2.22. The number of nitrogens with one attached hydrogen (secondary N) is 2.